The number of amides is 1. The van der Waals surface area contributed by atoms with Crippen molar-refractivity contribution in [2.45, 2.75) is 18.9 Å². The molecule has 0 unspecified atom stereocenters. The second-order valence-electron chi connectivity index (χ2n) is 6.38. The number of esters is 1. The number of nitrogens with zero attached hydrogens (tertiary/aromatic N) is 5. The fourth-order valence-electron chi connectivity index (χ4n) is 3.18. The van der Waals surface area contributed by atoms with Crippen LogP contribution in [-0.2, 0) is 21.4 Å². The number of aromatic nitrogens is 4. The molecule has 2 aromatic heterocycles. The van der Waals surface area contributed by atoms with E-state index < -0.39 is 5.92 Å². The van der Waals surface area contributed by atoms with Crippen LogP contribution in [0.2, 0.25) is 5.15 Å². The average molecular weight is 393 g/mol. The van der Waals surface area contributed by atoms with Gasteiger partial charge >= 0.3 is 5.97 Å². The van der Waals surface area contributed by atoms with E-state index in [1.54, 1.807) is 42.0 Å². The Hall–Kier alpha value is -2.68. The van der Waals surface area contributed by atoms with E-state index in [2.05, 4.69) is 20.6 Å². The van der Waals surface area contributed by atoms with Gasteiger partial charge in [0.1, 0.15) is 12.4 Å². The van der Waals surface area contributed by atoms with Crippen LogP contribution < -0.4 is 5.32 Å². The predicted octanol–water partition coefficient (Wildman–Crippen LogP) is 1.43. The summed E-state index contributed by atoms with van der Waals surface area (Å²) in [5.41, 5.74) is 0.824. The lowest BCUT2D eigenvalue weighted by Gasteiger charge is -2.37. The van der Waals surface area contributed by atoms with E-state index >= 15 is 0 Å². The molecule has 0 aromatic carbocycles. The van der Waals surface area contributed by atoms with Gasteiger partial charge in [-0.3, -0.25) is 14.3 Å². The number of carbonyl (C=O) groups excluding carboxylic acids is 2. The molecule has 1 amide bonds. The number of ether oxygens (including phenoxy) is 1. The number of likely N-dealkylation sites (tertiary alicyclic amines) is 1. The Labute approximate surface area is 161 Å². The van der Waals surface area contributed by atoms with Crippen molar-refractivity contribution in [1.82, 2.24) is 24.9 Å². The SMILES string of the molecule is CN1C(=O)CC[C@@H](C(=O)OCCNc2ccc(Cl)nn2)[C@@H]1c1cnn(C)c1. The lowest BCUT2D eigenvalue weighted by atomic mass is 9.86. The zero-order valence-corrected chi connectivity index (χ0v) is 15.9. The quantitative estimate of drug-likeness (QED) is 0.586. The number of hydrogen-bond donors (Lipinski definition) is 1. The number of piperidine rings is 1. The van der Waals surface area contributed by atoms with Crippen molar-refractivity contribution in [3.8, 4) is 0 Å². The first kappa shape index (κ1) is 19.1. The third-order valence-electron chi connectivity index (χ3n) is 4.51. The second kappa shape index (κ2) is 8.34. The predicted molar refractivity (Wildman–Crippen MR) is 97.9 cm³/mol. The Morgan fingerprint density at radius 3 is 2.85 bits per heavy atom. The number of anilines is 1. The van der Waals surface area contributed by atoms with Crippen molar-refractivity contribution >= 4 is 29.3 Å². The fourth-order valence-corrected chi connectivity index (χ4v) is 3.28. The van der Waals surface area contributed by atoms with E-state index in [-0.39, 0.29) is 24.5 Å². The Balaban J connectivity index is 1.58. The molecule has 3 rings (SSSR count). The first-order valence-electron chi connectivity index (χ1n) is 8.59. The molecule has 0 saturated carbocycles. The summed E-state index contributed by atoms with van der Waals surface area (Å²) in [4.78, 5) is 26.3. The van der Waals surface area contributed by atoms with Crippen LogP contribution in [0, 0.1) is 5.92 Å². The fraction of sp³-hybridized carbons (Fsp3) is 0.471. The van der Waals surface area contributed by atoms with Crippen LogP contribution in [0.25, 0.3) is 0 Å². The summed E-state index contributed by atoms with van der Waals surface area (Å²) >= 11 is 5.68. The molecule has 1 aliphatic rings. The Bertz CT molecular complexity index is 809. The molecule has 2 aromatic rings. The van der Waals surface area contributed by atoms with E-state index in [9.17, 15) is 9.59 Å². The minimum Gasteiger partial charge on any atom is -0.464 e. The summed E-state index contributed by atoms with van der Waals surface area (Å²) in [5.74, 6) is -0.193. The summed E-state index contributed by atoms with van der Waals surface area (Å²) in [6.07, 6.45) is 4.28. The Morgan fingerprint density at radius 1 is 1.37 bits per heavy atom. The van der Waals surface area contributed by atoms with Crippen LogP contribution in [0.1, 0.15) is 24.4 Å². The third kappa shape index (κ3) is 4.54. The van der Waals surface area contributed by atoms with Gasteiger partial charge in [-0.2, -0.15) is 5.10 Å². The monoisotopic (exact) mass is 392 g/mol. The maximum Gasteiger partial charge on any atom is 0.311 e. The van der Waals surface area contributed by atoms with E-state index in [0.717, 1.165) is 5.56 Å². The highest BCUT2D eigenvalue weighted by molar-refractivity contribution is 6.29. The van der Waals surface area contributed by atoms with Gasteiger partial charge in [0.2, 0.25) is 5.91 Å². The lowest BCUT2D eigenvalue weighted by molar-refractivity contribution is -0.155. The van der Waals surface area contributed by atoms with Crippen molar-refractivity contribution in [2.24, 2.45) is 13.0 Å². The van der Waals surface area contributed by atoms with E-state index in [1.165, 1.54) is 0 Å². The van der Waals surface area contributed by atoms with E-state index in [0.29, 0.717) is 30.4 Å². The van der Waals surface area contributed by atoms with E-state index in [4.69, 9.17) is 16.3 Å². The minimum atomic E-state index is -0.424. The first-order valence-corrected chi connectivity index (χ1v) is 8.97. The number of carbonyl (C=O) groups is 2. The van der Waals surface area contributed by atoms with Gasteiger partial charge in [-0.15, -0.1) is 10.2 Å². The smallest absolute Gasteiger partial charge is 0.311 e. The van der Waals surface area contributed by atoms with Gasteiger partial charge in [-0.1, -0.05) is 11.6 Å². The van der Waals surface area contributed by atoms with Gasteiger partial charge in [0.25, 0.3) is 0 Å². The Kier molecular flexibility index (Phi) is 5.90. The largest absolute Gasteiger partial charge is 0.464 e. The highest BCUT2D eigenvalue weighted by atomic mass is 35.5. The van der Waals surface area contributed by atoms with Gasteiger partial charge in [0.15, 0.2) is 5.15 Å². The molecule has 0 bridgehead atoms. The molecule has 27 heavy (non-hydrogen) atoms. The highest BCUT2D eigenvalue weighted by Crippen LogP contribution is 2.36. The molecule has 9 nitrogen and oxygen atoms in total. The molecule has 0 aliphatic carbocycles. The van der Waals surface area contributed by atoms with Crippen LogP contribution >= 0.6 is 11.6 Å². The van der Waals surface area contributed by atoms with Crippen molar-refractivity contribution in [3.05, 3.63) is 35.2 Å². The molecule has 1 fully saturated rings. The van der Waals surface area contributed by atoms with Gasteiger partial charge < -0.3 is 15.0 Å². The molecule has 1 N–H and O–H groups in total. The summed E-state index contributed by atoms with van der Waals surface area (Å²) in [6.45, 7) is 0.568. The van der Waals surface area contributed by atoms with E-state index in [1.807, 2.05) is 6.20 Å². The molecule has 0 spiro atoms. The maximum atomic E-state index is 12.6. The lowest BCUT2D eigenvalue weighted by Crippen LogP contribution is -2.43. The zero-order chi connectivity index (χ0) is 19.4. The normalized spacial score (nSPS) is 19.8. The maximum absolute atomic E-state index is 12.6. The molecule has 1 aliphatic heterocycles. The van der Waals surface area contributed by atoms with Crippen LogP contribution in [0.3, 0.4) is 0 Å². The van der Waals surface area contributed by atoms with Crippen LogP contribution in [0.4, 0.5) is 5.82 Å². The van der Waals surface area contributed by atoms with Gasteiger partial charge in [-0.05, 0) is 18.6 Å². The number of hydrogen-bond acceptors (Lipinski definition) is 7. The summed E-state index contributed by atoms with van der Waals surface area (Å²) < 4.78 is 7.08. The van der Waals surface area contributed by atoms with Gasteiger partial charge in [0.05, 0.1) is 24.7 Å². The molecular weight excluding hydrogens is 372 g/mol. The van der Waals surface area contributed by atoms with Crippen molar-refractivity contribution in [2.75, 3.05) is 25.5 Å². The first-order chi connectivity index (χ1) is 13.0. The van der Waals surface area contributed by atoms with Crippen molar-refractivity contribution in [3.63, 3.8) is 0 Å². The number of halogens is 1. The highest BCUT2D eigenvalue weighted by Gasteiger charge is 2.40. The van der Waals surface area contributed by atoms with Crippen LogP contribution in [-0.4, -0.2) is 57.0 Å². The van der Waals surface area contributed by atoms with Gasteiger partial charge in [0, 0.05) is 32.3 Å². The minimum absolute atomic E-state index is 0.0101. The van der Waals surface area contributed by atoms with Gasteiger partial charge in [-0.25, -0.2) is 0 Å². The molecule has 1 saturated heterocycles. The molecule has 0 radical (unpaired) electrons. The average Bonchev–Trinajstić information content (AvgIpc) is 3.08. The Morgan fingerprint density at radius 2 is 2.19 bits per heavy atom. The topological polar surface area (TPSA) is 102 Å². The van der Waals surface area contributed by atoms with Crippen molar-refractivity contribution < 1.29 is 14.3 Å². The van der Waals surface area contributed by atoms with Crippen LogP contribution in [0.15, 0.2) is 24.5 Å². The summed E-state index contributed by atoms with van der Waals surface area (Å²) in [7, 11) is 3.51. The van der Waals surface area contributed by atoms with Crippen molar-refractivity contribution in [1.29, 1.82) is 0 Å². The van der Waals surface area contributed by atoms with Crippen LogP contribution in [0.5, 0.6) is 0 Å². The second-order valence-corrected chi connectivity index (χ2v) is 6.76. The molecule has 10 heteroatoms. The number of aryl methyl sites for hydroxylation is 1. The number of nitrogens with one attached hydrogen (secondary N) is 1. The summed E-state index contributed by atoms with van der Waals surface area (Å²) in [6, 6.07) is 2.94. The standard InChI is InChI=1S/C17H21ClN6O3/c1-23-10-11(9-20-23)16-12(3-6-15(25)24(16)2)17(26)27-8-7-19-14-5-4-13(18)21-22-14/h4-5,9-10,12,16H,3,6-8H2,1-2H3,(H,19,22)/t12-,16+/m1/s1. The third-order valence-corrected chi connectivity index (χ3v) is 4.72. The molecule has 3 heterocycles. The molecular formula is C17H21ClN6O3. The summed E-state index contributed by atoms with van der Waals surface area (Å²) in [5, 5.41) is 15.1. The zero-order valence-electron chi connectivity index (χ0n) is 15.1. The number of rotatable bonds is 6. The molecule has 2 atom stereocenters. The molecule has 144 valence electrons.